The molecule has 21 heavy (non-hydrogen) atoms. The van der Waals surface area contributed by atoms with Crippen LogP contribution in [0.5, 0.6) is 0 Å². The summed E-state index contributed by atoms with van der Waals surface area (Å²) in [6.07, 6.45) is 0.0387. The van der Waals surface area contributed by atoms with E-state index in [1.54, 1.807) is 38.3 Å². The highest BCUT2D eigenvalue weighted by atomic mass is 32.1. The van der Waals surface area contributed by atoms with Gasteiger partial charge in [0.2, 0.25) is 5.91 Å². The highest BCUT2D eigenvalue weighted by Gasteiger charge is 2.32. The zero-order chi connectivity index (χ0) is 16.0. The van der Waals surface area contributed by atoms with Crippen LogP contribution >= 0.6 is 11.3 Å². The molecule has 3 N–H and O–H groups in total. The molecule has 0 radical (unpaired) electrons. The molecule has 1 heterocycles. The quantitative estimate of drug-likeness (QED) is 0.741. The van der Waals surface area contributed by atoms with Crippen LogP contribution in [-0.2, 0) is 9.59 Å². The van der Waals surface area contributed by atoms with E-state index in [4.69, 9.17) is 5.11 Å². The molecule has 1 aromatic rings. The fourth-order valence-electron chi connectivity index (χ4n) is 1.67. The molecule has 0 saturated heterocycles. The second-order valence-electron chi connectivity index (χ2n) is 5.69. The fourth-order valence-corrected chi connectivity index (χ4v) is 2.31. The summed E-state index contributed by atoms with van der Waals surface area (Å²) in [5, 5.41) is 16.0. The standard InChI is InChI=1S/C14H20N2O4S/c1-14(2,3)11(13(19)20)16-10(17)6-7-15-12(18)9-5-4-8-21-9/h4-5,8,11H,6-7H2,1-3H3,(H,15,18)(H,16,17)(H,19,20)/t11-/m1/s1. The van der Waals surface area contributed by atoms with Gasteiger partial charge in [0, 0.05) is 13.0 Å². The molecule has 0 aliphatic carbocycles. The third-order valence-corrected chi connectivity index (χ3v) is 3.67. The number of amides is 2. The largest absolute Gasteiger partial charge is 0.480 e. The van der Waals surface area contributed by atoms with Crippen molar-refractivity contribution in [2.75, 3.05) is 6.54 Å². The van der Waals surface area contributed by atoms with Gasteiger partial charge < -0.3 is 15.7 Å². The zero-order valence-corrected chi connectivity index (χ0v) is 13.1. The summed E-state index contributed by atoms with van der Waals surface area (Å²) in [5.41, 5.74) is -0.582. The summed E-state index contributed by atoms with van der Waals surface area (Å²) in [6, 6.07) is 2.51. The van der Waals surface area contributed by atoms with Crippen LogP contribution in [0.2, 0.25) is 0 Å². The summed E-state index contributed by atoms with van der Waals surface area (Å²) < 4.78 is 0. The molecule has 116 valence electrons. The molecule has 2 amide bonds. The molecule has 0 spiro atoms. The number of nitrogens with one attached hydrogen (secondary N) is 2. The van der Waals surface area contributed by atoms with Crippen LogP contribution in [0.25, 0.3) is 0 Å². The van der Waals surface area contributed by atoms with Gasteiger partial charge in [-0.05, 0) is 16.9 Å². The monoisotopic (exact) mass is 312 g/mol. The van der Waals surface area contributed by atoms with Gasteiger partial charge >= 0.3 is 5.97 Å². The molecule has 0 aliphatic heterocycles. The van der Waals surface area contributed by atoms with Crippen LogP contribution in [0.15, 0.2) is 17.5 Å². The number of carboxylic acid groups (broad SMARTS) is 1. The van der Waals surface area contributed by atoms with Crippen LogP contribution in [0, 0.1) is 5.41 Å². The van der Waals surface area contributed by atoms with Crippen molar-refractivity contribution in [3.05, 3.63) is 22.4 Å². The van der Waals surface area contributed by atoms with Gasteiger partial charge in [-0.3, -0.25) is 9.59 Å². The van der Waals surface area contributed by atoms with E-state index in [0.717, 1.165) is 0 Å². The Labute approximate surface area is 127 Å². The van der Waals surface area contributed by atoms with Crippen LogP contribution in [0.4, 0.5) is 0 Å². The Hall–Kier alpha value is -1.89. The van der Waals surface area contributed by atoms with Crippen molar-refractivity contribution < 1.29 is 19.5 Å². The highest BCUT2D eigenvalue weighted by molar-refractivity contribution is 7.12. The number of thiophene rings is 1. The third kappa shape index (κ3) is 5.55. The van der Waals surface area contributed by atoms with Crippen LogP contribution in [0.3, 0.4) is 0 Å². The Kier molecular flexibility index (Phi) is 5.90. The molecule has 6 nitrogen and oxygen atoms in total. The Bertz CT molecular complexity index is 506. The summed E-state index contributed by atoms with van der Waals surface area (Å²) in [7, 11) is 0. The molecule has 1 aromatic heterocycles. The van der Waals surface area contributed by atoms with Crippen molar-refractivity contribution in [3.63, 3.8) is 0 Å². The van der Waals surface area contributed by atoms with E-state index in [9.17, 15) is 14.4 Å². The topological polar surface area (TPSA) is 95.5 Å². The average Bonchev–Trinajstić information content (AvgIpc) is 2.87. The van der Waals surface area contributed by atoms with Crippen LogP contribution < -0.4 is 10.6 Å². The predicted molar refractivity (Wildman–Crippen MR) is 80.3 cm³/mol. The minimum absolute atomic E-state index is 0.0387. The number of carbonyl (C=O) groups excluding carboxylic acids is 2. The lowest BCUT2D eigenvalue weighted by Gasteiger charge is -2.27. The van der Waals surface area contributed by atoms with E-state index < -0.39 is 23.3 Å². The molecular formula is C14H20N2O4S. The molecule has 0 saturated carbocycles. The summed E-state index contributed by atoms with van der Waals surface area (Å²) >= 11 is 1.32. The van der Waals surface area contributed by atoms with Crippen molar-refractivity contribution in [1.82, 2.24) is 10.6 Å². The van der Waals surface area contributed by atoms with Gasteiger partial charge in [0.1, 0.15) is 6.04 Å². The number of aliphatic carboxylic acids is 1. The molecule has 7 heteroatoms. The number of hydrogen-bond acceptors (Lipinski definition) is 4. The van der Waals surface area contributed by atoms with E-state index in [2.05, 4.69) is 10.6 Å². The minimum Gasteiger partial charge on any atom is -0.480 e. The SMILES string of the molecule is CC(C)(C)[C@H](NC(=O)CCNC(=O)c1cccs1)C(=O)O. The maximum Gasteiger partial charge on any atom is 0.326 e. The van der Waals surface area contributed by atoms with Gasteiger partial charge in [-0.15, -0.1) is 11.3 Å². The average molecular weight is 312 g/mol. The lowest BCUT2D eigenvalue weighted by atomic mass is 9.86. The normalized spacial score (nSPS) is 12.5. The molecular weight excluding hydrogens is 292 g/mol. The first kappa shape index (κ1) is 17.2. The van der Waals surface area contributed by atoms with E-state index in [-0.39, 0.29) is 18.9 Å². The van der Waals surface area contributed by atoms with Gasteiger partial charge in [0.05, 0.1) is 4.88 Å². The maximum absolute atomic E-state index is 11.7. The van der Waals surface area contributed by atoms with Gasteiger partial charge in [-0.2, -0.15) is 0 Å². The summed E-state index contributed by atoms with van der Waals surface area (Å²) in [6.45, 7) is 5.39. The van der Waals surface area contributed by atoms with E-state index in [0.29, 0.717) is 4.88 Å². The Balaban J connectivity index is 2.40. The second-order valence-corrected chi connectivity index (χ2v) is 6.64. The first-order valence-corrected chi connectivity index (χ1v) is 7.43. The lowest BCUT2D eigenvalue weighted by molar-refractivity contribution is -0.144. The van der Waals surface area contributed by atoms with E-state index in [1.807, 2.05) is 0 Å². The van der Waals surface area contributed by atoms with E-state index >= 15 is 0 Å². The number of carboxylic acids is 1. The van der Waals surface area contributed by atoms with Gasteiger partial charge in [0.25, 0.3) is 5.91 Å². The van der Waals surface area contributed by atoms with Crippen molar-refractivity contribution >= 4 is 29.1 Å². The van der Waals surface area contributed by atoms with Crippen molar-refractivity contribution in [1.29, 1.82) is 0 Å². The molecule has 1 rings (SSSR count). The van der Waals surface area contributed by atoms with Crippen molar-refractivity contribution in [3.8, 4) is 0 Å². The Morgan fingerprint density at radius 2 is 2.00 bits per heavy atom. The molecule has 1 atom stereocenters. The number of rotatable bonds is 6. The Morgan fingerprint density at radius 3 is 2.48 bits per heavy atom. The molecule has 0 aliphatic rings. The number of carbonyl (C=O) groups is 3. The first-order chi connectivity index (χ1) is 9.71. The first-order valence-electron chi connectivity index (χ1n) is 6.55. The maximum atomic E-state index is 11.7. The van der Waals surface area contributed by atoms with Crippen molar-refractivity contribution in [2.24, 2.45) is 5.41 Å². The van der Waals surface area contributed by atoms with Crippen LogP contribution in [-0.4, -0.2) is 35.5 Å². The summed E-state index contributed by atoms with van der Waals surface area (Å²) in [4.78, 5) is 35.1. The van der Waals surface area contributed by atoms with E-state index in [1.165, 1.54) is 11.3 Å². The lowest BCUT2D eigenvalue weighted by Crippen LogP contribution is -2.49. The zero-order valence-electron chi connectivity index (χ0n) is 12.3. The second kappa shape index (κ2) is 7.21. The Morgan fingerprint density at radius 1 is 1.33 bits per heavy atom. The number of hydrogen-bond donors (Lipinski definition) is 3. The molecule has 0 bridgehead atoms. The fraction of sp³-hybridized carbons (Fsp3) is 0.500. The molecule has 0 unspecified atom stereocenters. The summed E-state index contributed by atoms with van der Waals surface area (Å²) in [5.74, 6) is -1.70. The smallest absolute Gasteiger partial charge is 0.326 e. The van der Waals surface area contributed by atoms with Gasteiger partial charge in [-0.25, -0.2) is 4.79 Å². The molecule has 0 aromatic carbocycles. The molecule has 0 fully saturated rings. The highest BCUT2D eigenvalue weighted by Crippen LogP contribution is 2.19. The van der Waals surface area contributed by atoms with Crippen LogP contribution in [0.1, 0.15) is 36.9 Å². The van der Waals surface area contributed by atoms with Crippen molar-refractivity contribution in [2.45, 2.75) is 33.2 Å². The van der Waals surface area contributed by atoms with Gasteiger partial charge in [-0.1, -0.05) is 26.8 Å². The third-order valence-electron chi connectivity index (χ3n) is 2.80. The predicted octanol–water partition coefficient (Wildman–Crippen LogP) is 1.48. The minimum atomic E-state index is -1.07. The van der Waals surface area contributed by atoms with Gasteiger partial charge in [0.15, 0.2) is 0 Å².